The second-order valence-corrected chi connectivity index (χ2v) is 5.65. The van der Waals surface area contributed by atoms with Crippen LogP contribution in [0.4, 0.5) is 0 Å². The van der Waals surface area contributed by atoms with Crippen LogP contribution in [0, 0.1) is 5.41 Å². The van der Waals surface area contributed by atoms with Crippen LogP contribution in [0.15, 0.2) is 18.2 Å². The van der Waals surface area contributed by atoms with E-state index in [0.717, 1.165) is 11.3 Å². The number of rotatable bonds is 4. The zero-order chi connectivity index (χ0) is 13.8. The molecule has 0 fully saturated rings. The van der Waals surface area contributed by atoms with Gasteiger partial charge in [0.1, 0.15) is 5.75 Å². The third kappa shape index (κ3) is 4.22. The zero-order valence-corrected chi connectivity index (χ0v) is 12.1. The summed E-state index contributed by atoms with van der Waals surface area (Å²) in [6, 6.07) is 5.49. The van der Waals surface area contributed by atoms with Crippen LogP contribution in [0.3, 0.4) is 0 Å². The number of hydrogen-bond acceptors (Lipinski definition) is 2. The maximum atomic E-state index is 11.7. The molecular weight excluding hydrogens is 250 g/mol. The van der Waals surface area contributed by atoms with Crippen LogP contribution < -0.4 is 10.1 Å². The topological polar surface area (TPSA) is 38.3 Å². The Hall–Kier alpha value is -1.22. The molecule has 1 N–H and O–H groups in total. The largest absolute Gasteiger partial charge is 0.496 e. The second-order valence-electron chi connectivity index (χ2n) is 5.21. The Morgan fingerprint density at radius 3 is 2.61 bits per heavy atom. The second kappa shape index (κ2) is 6.10. The van der Waals surface area contributed by atoms with Gasteiger partial charge in [0, 0.05) is 17.0 Å². The van der Waals surface area contributed by atoms with Crippen molar-refractivity contribution in [2.75, 3.05) is 13.7 Å². The Balaban J connectivity index is 2.59. The number of benzene rings is 1. The highest BCUT2D eigenvalue weighted by Crippen LogP contribution is 2.22. The molecule has 18 heavy (non-hydrogen) atoms. The molecular formula is C14H20ClNO2. The molecule has 0 spiro atoms. The van der Waals surface area contributed by atoms with Crippen molar-refractivity contribution in [2.24, 2.45) is 5.41 Å². The fourth-order valence-electron chi connectivity index (χ4n) is 1.52. The van der Waals surface area contributed by atoms with Crippen molar-refractivity contribution in [3.63, 3.8) is 0 Å². The van der Waals surface area contributed by atoms with E-state index in [1.165, 1.54) is 0 Å². The molecule has 0 aromatic heterocycles. The first-order valence-corrected chi connectivity index (χ1v) is 6.33. The van der Waals surface area contributed by atoms with Gasteiger partial charge in [-0.1, -0.05) is 32.4 Å². The van der Waals surface area contributed by atoms with Gasteiger partial charge in [0.05, 0.1) is 7.11 Å². The van der Waals surface area contributed by atoms with E-state index in [0.29, 0.717) is 18.0 Å². The van der Waals surface area contributed by atoms with E-state index < -0.39 is 0 Å². The SMILES string of the molecule is COc1ccc(Cl)cc1CCNC(=O)C(C)(C)C. The molecule has 0 unspecified atom stereocenters. The van der Waals surface area contributed by atoms with Crippen LogP contribution in [-0.4, -0.2) is 19.6 Å². The molecule has 1 amide bonds. The monoisotopic (exact) mass is 269 g/mol. The maximum absolute atomic E-state index is 11.7. The Morgan fingerprint density at radius 2 is 2.06 bits per heavy atom. The number of methoxy groups -OCH3 is 1. The molecule has 0 saturated carbocycles. The van der Waals surface area contributed by atoms with Crippen molar-refractivity contribution in [3.8, 4) is 5.75 Å². The van der Waals surface area contributed by atoms with Crippen molar-refractivity contribution in [2.45, 2.75) is 27.2 Å². The lowest BCUT2D eigenvalue weighted by Gasteiger charge is -2.18. The summed E-state index contributed by atoms with van der Waals surface area (Å²) in [6.45, 7) is 6.25. The summed E-state index contributed by atoms with van der Waals surface area (Å²) >= 11 is 5.94. The molecule has 4 heteroatoms. The molecule has 0 aliphatic rings. The lowest BCUT2D eigenvalue weighted by molar-refractivity contribution is -0.128. The van der Waals surface area contributed by atoms with Gasteiger partial charge in [-0.25, -0.2) is 0 Å². The first kappa shape index (κ1) is 14.8. The molecule has 3 nitrogen and oxygen atoms in total. The van der Waals surface area contributed by atoms with Gasteiger partial charge in [0.15, 0.2) is 0 Å². The first-order valence-electron chi connectivity index (χ1n) is 5.95. The molecule has 0 bridgehead atoms. The third-order valence-electron chi connectivity index (χ3n) is 2.60. The van der Waals surface area contributed by atoms with Gasteiger partial charge in [-0.3, -0.25) is 4.79 Å². The number of hydrogen-bond donors (Lipinski definition) is 1. The smallest absolute Gasteiger partial charge is 0.225 e. The Bertz CT molecular complexity index is 424. The van der Waals surface area contributed by atoms with E-state index >= 15 is 0 Å². The summed E-state index contributed by atoms with van der Waals surface area (Å²) in [7, 11) is 1.63. The molecule has 0 atom stereocenters. The zero-order valence-electron chi connectivity index (χ0n) is 11.3. The summed E-state index contributed by atoms with van der Waals surface area (Å²) in [5.74, 6) is 0.841. The summed E-state index contributed by atoms with van der Waals surface area (Å²) < 4.78 is 5.25. The number of carbonyl (C=O) groups excluding carboxylic acids is 1. The minimum Gasteiger partial charge on any atom is -0.496 e. The maximum Gasteiger partial charge on any atom is 0.225 e. The molecule has 100 valence electrons. The van der Waals surface area contributed by atoms with Gasteiger partial charge in [-0.15, -0.1) is 0 Å². The Labute approximate surface area is 113 Å². The predicted octanol–water partition coefficient (Wildman–Crippen LogP) is 3.05. The molecule has 1 aromatic rings. The minimum absolute atomic E-state index is 0.0449. The highest BCUT2D eigenvalue weighted by atomic mass is 35.5. The van der Waals surface area contributed by atoms with Crippen LogP contribution in [0.2, 0.25) is 5.02 Å². The average Bonchev–Trinajstić information content (AvgIpc) is 2.28. The highest BCUT2D eigenvalue weighted by molar-refractivity contribution is 6.30. The predicted molar refractivity (Wildman–Crippen MR) is 74.2 cm³/mol. The van der Waals surface area contributed by atoms with Crippen molar-refractivity contribution in [1.29, 1.82) is 0 Å². The van der Waals surface area contributed by atoms with Gasteiger partial charge in [-0.05, 0) is 30.2 Å². The lowest BCUT2D eigenvalue weighted by Crippen LogP contribution is -2.35. The van der Waals surface area contributed by atoms with Gasteiger partial charge >= 0.3 is 0 Å². The van der Waals surface area contributed by atoms with Crippen molar-refractivity contribution < 1.29 is 9.53 Å². The molecule has 0 radical (unpaired) electrons. The minimum atomic E-state index is -0.363. The van der Waals surface area contributed by atoms with Crippen LogP contribution in [0.25, 0.3) is 0 Å². The van der Waals surface area contributed by atoms with Crippen molar-refractivity contribution >= 4 is 17.5 Å². The number of ether oxygens (including phenoxy) is 1. The van der Waals surface area contributed by atoms with E-state index in [-0.39, 0.29) is 11.3 Å². The number of nitrogens with one attached hydrogen (secondary N) is 1. The number of amides is 1. The molecule has 0 saturated heterocycles. The third-order valence-corrected chi connectivity index (χ3v) is 2.84. The summed E-state index contributed by atoms with van der Waals surface area (Å²) in [5, 5.41) is 3.58. The molecule has 0 aliphatic carbocycles. The van der Waals surface area contributed by atoms with Gasteiger partial charge in [0.25, 0.3) is 0 Å². The number of carbonyl (C=O) groups is 1. The van der Waals surface area contributed by atoms with E-state index in [4.69, 9.17) is 16.3 Å². The van der Waals surface area contributed by atoms with Crippen LogP contribution in [0.1, 0.15) is 26.3 Å². The van der Waals surface area contributed by atoms with E-state index in [2.05, 4.69) is 5.32 Å². The average molecular weight is 270 g/mol. The van der Waals surface area contributed by atoms with Crippen LogP contribution in [-0.2, 0) is 11.2 Å². The summed E-state index contributed by atoms with van der Waals surface area (Å²) in [4.78, 5) is 11.7. The summed E-state index contributed by atoms with van der Waals surface area (Å²) in [6.07, 6.45) is 0.700. The van der Waals surface area contributed by atoms with Crippen molar-refractivity contribution in [3.05, 3.63) is 28.8 Å². The van der Waals surface area contributed by atoms with Gasteiger partial charge in [0.2, 0.25) is 5.91 Å². The quantitative estimate of drug-likeness (QED) is 0.912. The Kier molecular flexibility index (Phi) is 5.03. The van der Waals surface area contributed by atoms with E-state index in [1.54, 1.807) is 13.2 Å². The fraction of sp³-hybridized carbons (Fsp3) is 0.500. The number of halogens is 1. The lowest BCUT2D eigenvalue weighted by atomic mass is 9.95. The molecule has 0 aliphatic heterocycles. The highest BCUT2D eigenvalue weighted by Gasteiger charge is 2.20. The van der Waals surface area contributed by atoms with Crippen LogP contribution in [0.5, 0.6) is 5.75 Å². The van der Waals surface area contributed by atoms with Gasteiger partial charge in [-0.2, -0.15) is 0 Å². The fourth-order valence-corrected chi connectivity index (χ4v) is 1.71. The van der Waals surface area contributed by atoms with E-state index in [9.17, 15) is 4.79 Å². The van der Waals surface area contributed by atoms with Gasteiger partial charge < -0.3 is 10.1 Å². The Morgan fingerprint density at radius 1 is 1.39 bits per heavy atom. The molecule has 1 rings (SSSR count). The first-order chi connectivity index (χ1) is 8.34. The van der Waals surface area contributed by atoms with Crippen molar-refractivity contribution in [1.82, 2.24) is 5.32 Å². The van der Waals surface area contributed by atoms with E-state index in [1.807, 2.05) is 32.9 Å². The molecule has 1 aromatic carbocycles. The summed E-state index contributed by atoms with van der Waals surface area (Å²) in [5.41, 5.74) is 0.637. The van der Waals surface area contributed by atoms with Crippen LogP contribution >= 0.6 is 11.6 Å². The normalized spacial score (nSPS) is 11.2. The standard InChI is InChI=1S/C14H20ClNO2/c1-14(2,3)13(17)16-8-7-10-9-11(15)5-6-12(10)18-4/h5-6,9H,7-8H2,1-4H3,(H,16,17). The molecule has 0 heterocycles.